The fourth-order valence-corrected chi connectivity index (χ4v) is 1.72. The summed E-state index contributed by atoms with van der Waals surface area (Å²) in [4.78, 5) is 0. The minimum Gasteiger partial charge on any atom is -0.103 e. The Hall–Kier alpha value is -1.82. The number of benzene rings is 1. The molecule has 0 saturated heterocycles. The van der Waals surface area contributed by atoms with Crippen LogP contribution in [-0.4, -0.2) is 0 Å². The second kappa shape index (κ2) is 26.1. The van der Waals surface area contributed by atoms with Gasteiger partial charge in [0.05, 0.1) is 0 Å². The van der Waals surface area contributed by atoms with E-state index < -0.39 is 0 Å². The van der Waals surface area contributed by atoms with Crippen LogP contribution in [0, 0.1) is 0 Å². The number of hydrogen-bond acceptors (Lipinski definition) is 0. The van der Waals surface area contributed by atoms with Crippen molar-refractivity contribution >= 4 is 17.7 Å². The molecule has 0 radical (unpaired) electrons. The summed E-state index contributed by atoms with van der Waals surface area (Å²) in [6.45, 7) is 26.7. The van der Waals surface area contributed by atoms with Crippen LogP contribution in [0.1, 0.15) is 74.8 Å². The lowest BCUT2D eigenvalue weighted by Gasteiger charge is -1.93. The molecule has 0 aromatic heterocycles. The molecule has 1 aliphatic rings. The standard InChI is InChI=1S/C12H12.2C3H6.3C2H6/c1-3-10-5-4-6-11-8-7-9(2)12(10)11;2*1-3-2;3*1-2/h3-8H,1-2H3;2*3H,1H2,2H3;3*1-2H3/b10-3-;;;;;. The number of rotatable bonds is 0. The van der Waals surface area contributed by atoms with Gasteiger partial charge in [0, 0.05) is 0 Å². The third-order valence-electron chi connectivity index (χ3n) is 2.35. The quantitative estimate of drug-likeness (QED) is 0.443. The van der Waals surface area contributed by atoms with E-state index in [1.807, 2.05) is 55.4 Å². The highest BCUT2D eigenvalue weighted by molar-refractivity contribution is 5.74. The summed E-state index contributed by atoms with van der Waals surface area (Å²) < 4.78 is 0. The van der Waals surface area contributed by atoms with Crippen LogP contribution in [0.3, 0.4) is 0 Å². The minimum absolute atomic E-state index is 1.34. The van der Waals surface area contributed by atoms with Gasteiger partial charge in [-0.3, -0.25) is 0 Å². The van der Waals surface area contributed by atoms with Gasteiger partial charge >= 0.3 is 0 Å². The first-order valence-electron chi connectivity index (χ1n) is 9.24. The molecule has 0 heteroatoms. The maximum Gasteiger partial charge on any atom is -0.00854 e. The van der Waals surface area contributed by atoms with Crippen molar-refractivity contribution in [3.63, 3.8) is 0 Å². The van der Waals surface area contributed by atoms with E-state index in [9.17, 15) is 0 Å². The molecule has 0 heterocycles. The number of allylic oxidation sites excluding steroid dienone is 3. The lowest BCUT2D eigenvalue weighted by Crippen LogP contribution is -2.26. The Labute approximate surface area is 153 Å². The van der Waals surface area contributed by atoms with E-state index in [4.69, 9.17) is 0 Å². The fourth-order valence-electron chi connectivity index (χ4n) is 1.72. The zero-order valence-electron chi connectivity index (χ0n) is 18.0. The van der Waals surface area contributed by atoms with Crippen LogP contribution in [0.2, 0.25) is 0 Å². The van der Waals surface area contributed by atoms with Crippen LogP contribution in [0.5, 0.6) is 0 Å². The van der Waals surface area contributed by atoms with Crippen LogP contribution < -0.4 is 10.4 Å². The molecular weight excluding hydrogens is 288 g/mol. The van der Waals surface area contributed by atoms with Crippen LogP contribution >= 0.6 is 0 Å². The summed E-state index contributed by atoms with van der Waals surface area (Å²) in [6.07, 6.45) is 10.0. The molecule has 0 nitrogen and oxygen atoms in total. The van der Waals surface area contributed by atoms with Gasteiger partial charge in [-0.25, -0.2) is 0 Å². The molecule has 138 valence electrons. The van der Waals surface area contributed by atoms with E-state index in [2.05, 4.69) is 63.4 Å². The van der Waals surface area contributed by atoms with Gasteiger partial charge in [-0.15, -0.1) is 13.2 Å². The number of hydrogen-bond donors (Lipinski definition) is 0. The predicted octanol–water partition coefficient (Wildman–Crippen LogP) is 7.15. The molecule has 0 N–H and O–H groups in total. The summed E-state index contributed by atoms with van der Waals surface area (Å²) >= 11 is 0. The maximum atomic E-state index is 3.36. The first kappa shape index (κ1) is 30.1. The molecule has 2 rings (SSSR count). The molecule has 1 aromatic carbocycles. The van der Waals surface area contributed by atoms with Gasteiger partial charge in [0.15, 0.2) is 0 Å². The Morgan fingerprint density at radius 3 is 1.54 bits per heavy atom. The molecule has 0 atom stereocenters. The Morgan fingerprint density at radius 1 is 0.750 bits per heavy atom. The van der Waals surface area contributed by atoms with Gasteiger partial charge in [-0.2, -0.15) is 0 Å². The monoisotopic (exact) mass is 330 g/mol. The molecular formula is C24H42. The summed E-state index contributed by atoms with van der Waals surface area (Å²) in [5, 5.41) is 2.75. The largest absolute Gasteiger partial charge is 0.103 e. The summed E-state index contributed by atoms with van der Waals surface area (Å²) in [5.41, 5.74) is 2.72. The summed E-state index contributed by atoms with van der Waals surface area (Å²) in [5.74, 6) is 0. The Morgan fingerprint density at radius 2 is 1.17 bits per heavy atom. The van der Waals surface area contributed by atoms with Crippen molar-refractivity contribution in [1.29, 1.82) is 0 Å². The zero-order valence-corrected chi connectivity index (χ0v) is 18.0. The SMILES string of the molecule is C/C=c1/cccc2c1=C(C)C=C2.C=CC.C=CC.CC.CC.CC. The van der Waals surface area contributed by atoms with E-state index in [0.29, 0.717) is 0 Å². The molecule has 1 aliphatic carbocycles. The summed E-state index contributed by atoms with van der Waals surface area (Å²) in [6, 6.07) is 6.43. The van der Waals surface area contributed by atoms with E-state index in [0.717, 1.165) is 0 Å². The average Bonchev–Trinajstić information content (AvgIpc) is 3.03. The molecule has 0 bridgehead atoms. The third-order valence-corrected chi connectivity index (χ3v) is 2.35. The second-order valence-corrected chi connectivity index (χ2v) is 3.93. The smallest absolute Gasteiger partial charge is 0.00854 e. The van der Waals surface area contributed by atoms with Crippen molar-refractivity contribution in [2.45, 2.75) is 69.2 Å². The Kier molecular flexibility index (Phi) is 32.7. The highest BCUT2D eigenvalue weighted by Crippen LogP contribution is 2.06. The zero-order chi connectivity index (χ0) is 20.0. The Bertz CT molecular complexity index is 522. The van der Waals surface area contributed by atoms with E-state index >= 15 is 0 Å². The van der Waals surface area contributed by atoms with Crippen molar-refractivity contribution in [3.05, 3.63) is 65.6 Å². The number of fused-ring (bicyclic) bond motifs is 1. The van der Waals surface area contributed by atoms with Gasteiger partial charge in [0.25, 0.3) is 0 Å². The van der Waals surface area contributed by atoms with Crippen LogP contribution in [0.15, 0.2) is 49.6 Å². The molecule has 0 amide bonds. The molecule has 0 spiro atoms. The molecule has 0 unspecified atom stereocenters. The lowest BCUT2D eigenvalue weighted by molar-refractivity contribution is 1.46. The van der Waals surface area contributed by atoms with Crippen LogP contribution in [0.4, 0.5) is 0 Å². The van der Waals surface area contributed by atoms with Crippen molar-refractivity contribution in [1.82, 2.24) is 0 Å². The Balaban J connectivity index is -0.000000141. The topological polar surface area (TPSA) is 0 Å². The van der Waals surface area contributed by atoms with Gasteiger partial charge in [0.2, 0.25) is 0 Å². The average molecular weight is 331 g/mol. The van der Waals surface area contributed by atoms with Crippen molar-refractivity contribution in [2.75, 3.05) is 0 Å². The molecule has 24 heavy (non-hydrogen) atoms. The third kappa shape index (κ3) is 13.8. The van der Waals surface area contributed by atoms with Crippen LogP contribution in [-0.2, 0) is 0 Å². The summed E-state index contributed by atoms with van der Waals surface area (Å²) in [7, 11) is 0. The minimum atomic E-state index is 1.34. The van der Waals surface area contributed by atoms with Gasteiger partial charge in [0.1, 0.15) is 0 Å². The normalized spacial score (nSPS) is 9.58. The van der Waals surface area contributed by atoms with Gasteiger partial charge < -0.3 is 0 Å². The van der Waals surface area contributed by atoms with Crippen molar-refractivity contribution in [3.8, 4) is 0 Å². The molecule has 0 saturated carbocycles. The van der Waals surface area contributed by atoms with E-state index in [1.165, 1.54) is 21.6 Å². The molecule has 0 fully saturated rings. The predicted molar refractivity (Wildman–Crippen MR) is 120 cm³/mol. The van der Waals surface area contributed by atoms with Crippen molar-refractivity contribution < 1.29 is 0 Å². The van der Waals surface area contributed by atoms with Crippen LogP contribution in [0.25, 0.3) is 17.7 Å². The molecule has 1 aromatic rings. The second-order valence-electron chi connectivity index (χ2n) is 3.93. The molecule has 0 aliphatic heterocycles. The van der Waals surface area contributed by atoms with E-state index in [-0.39, 0.29) is 0 Å². The highest BCUT2D eigenvalue weighted by atomic mass is 14.0. The van der Waals surface area contributed by atoms with Crippen molar-refractivity contribution in [2.24, 2.45) is 0 Å². The van der Waals surface area contributed by atoms with Gasteiger partial charge in [-0.1, -0.05) is 90.1 Å². The fraction of sp³-hybridized carbons (Fsp3) is 0.417. The maximum absolute atomic E-state index is 3.36. The first-order chi connectivity index (χ1) is 11.7. The van der Waals surface area contributed by atoms with E-state index in [1.54, 1.807) is 12.2 Å². The lowest BCUT2D eigenvalue weighted by atomic mass is 10.1. The van der Waals surface area contributed by atoms with Gasteiger partial charge in [-0.05, 0) is 49.3 Å². The first-order valence-corrected chi connectivity index (χ1v) is 9.24. The highest BCUT2D eigenvalue weighted by Gasteiger charge is 2.00.